The van der Waals surface area contributed by atoms with Gasteiger partial charge in [-0.2, -0.15) is 0 Å². The summed E-state index contributed by atoms with van der Waals surface area (Å²) in [6, 6.07) is 12.7. The fraction of sp³-hybridized carbons (Fsp3) is 0.278. The van der Waals surface area contributed by atoms with Gasteiger partial charge in [-0.25, -0.2) is 8.42 Å². The molecular weight excluding hydrogens is 376 g/mol. The maximum atomic E-state index is 12.6. The molecule has 2 aromatic rings. The molecule has 2 aromatic carbocycles. The lowest BCUT2D eigenvalue weighted by Crippen LogP contribution is -2.47. The van der Waals surface area contributed by atoms with E-state index in [9.17, 15) is 13.2 Å². The Hall–Kier alpha value is -2.25. The minimum absolute atomic E-state index is 0.207. The van der Waals surface area contributed by atoms with Gasteiger partial charge in [0, 0.05) is 17.6 Å². The molecule has 0 fully saturated rings. The monoisotopic (exact) mass is 396 g/mol. The van der Waals surface area contributed by atoms with Gasteiger partial charge in [-0.1, -0.05) is 35.9 Å². The van der Waals surface area contributed by atoms with E-state index >= 15 is 0 Å². The summed E-state index contributed by atoms with van der Waals surface area (Å²) in [7, 11) is -2.20. The summed E-state index contributed by atoms with van der Waals surface area (Å²) in [6.45, 7) is 1.74. The lowest BCUT2D eigenvalue weighted by atomic mass is 10.2. The number of nitrogens with one attached hydrogen (secondary N) is 1. The summed E-state index contributed by atoms with van der Waals surface area (Å²) >= 11 is 6.08. The second kappa shape index (κ2) is 8.42. The first kappa shape index (κ1) is 20.1. The summed E-state index contributed by atoms with van der Waals surface area (Å²) in [5.41, 5.74) is 1.11. The first-order chi connectivity index (χ1) is 12.2. The topological polar surface area (TPSA) is 75.7 Å². The highest BCUT2D eigenvalue weighted by atomic mass is 35.5. The SMILES string of the molecule is COc1cccc(N([C@@H](C)C(=O)NCc2ccccc2Cl)S(C)(=O)=O)c1. The summed E-state index contributed by atoms with van der Waals surface area (Å²) < 4.78 is 30.8. The highest BCUT2D eigenvalue weighted by molar-refractivity contribution is 7.92. The standard InChI is InChI=1S/C18H21ClN2O4S/c1-13(18(22)20-12-14-7-4-5-10-17(14)19)21(26(3,23)24)15-8-6-9-16(11-15)25-2/h4-11,13H,12H2,1-3H3,(H,20,22)/t13-/m0/s1. The molecule has 2 rings (SSSR count). The number of carbonyl (C=O) groups excluding carboxylic acids is 1. The zero-order chi connectivity index (χ0) is 19.3. The van der Waals surface area contributed by atoms with Crippen molar-refractivity contribution in [2.75, 3.05) is 17.7 Å². The van der Waals surface area contributed by atoms with Gasteiger partial charge in [0.15, 0.2) is 0 Å². The van der Waals surface area contributed by atoms with Crippen molar-refractivity contribution < 1.29 is 17.9 Å². The van der Waals surface area contributed by atoms with Crippen LogP contribution >= 0.6 is 11.6 Å². The molecule has 8 heteroatoms. The molecule has 0 saturated carbocycles. The number of nitrogens with zero attached hydrogens (tertiary/aromatic N) is 1. The number of amides is 1. The van der Waals surface area contributed by atoms with Crippen LogP contribution in [0.5, 0.6) is 5.75 Å². The van der Waals surface area contributed by atoms with Crippen molar-refractivity contribution in [3.63, 3.8) is 0 Å². The Morgan fingerprint density at radius 1 is 1.23 bits per heavy atom. The van der Waals surface area contributed by atoms with Crippen LogP contribution in [0.15, 0.2) is 48.5 Å². The lowest BCUT2D eigenvalue weighted by Gasteiger charge is -2.28. The molecule has 0 unspecified atom stereocenters. The van der Waals surface area contributed by atoms with E-state index < -0.39 is 22.0 Å². The molecule has 0 spiro atoms. The van der Waals surface area contributed by atoms with E-state index in [1.165, 1.54) is 14.0 Å². The van der Waals surface area contributed by atoms with Gasteiger partial charge in [0.1, 0.15) is 11.8 Å². The molecule has 1 amide bonds. The van der Waals surface area contributed by atoms with Crippen LogP contribution < -0.4 is 14.4 Å². The zero-order valence-electron chi connectivity index (χ0n) is 14.8. The van der Waals surface area contributed by atoms with E-state index in [1.807, 2.05) is 6.07 Å². The number of anilines is 1. The van der Waals surface area contributed by atoms with Crippen LogP contribution in [0, 0.1) is 0 Å². The van der Waals surface area contributed by atoms with Crippen LogP contribution in [0.25, 0.3) is 0 Å². The Morgan fingerprint density at radius 2 is 1.92 bits per heavy atom. The van der Waals surface area contributed by atoms with Crippen LogP contribution in [0.3, 0.4) is 0 Å². The third-order valence-electron chi connectivity index (χ3n) is 3.81. The molecule has 1 N–H and O–H groups in total. The molecule has 0 aliphatic carbocycles. The van der Waals surface area contributed by atoms with E-state index in [2.05, 4.69) is 5.32 Å². The molecule has 0 heterocycles. The van der Waals surface area contributed by atoms with Gasteiger partial charge in [0.2, 0.25) is 15.9 Å². The predicted octanol–water partition coefficient (Wildman–Crippen LogP) is 2.82. The van der Waals surface area contributed by atoms with Crippen molar-refractivity contribution in [1.82, 2.24) is 5.32 Å². The Labute approximate surface area is 158 Å². The van der Waals surface area contributed by atoms with Gasteiger partial charge in [-0.3, -0.25) is 9.10 Å². The molecule has 0 aliphatic rings. The number of benzene rings is 2. The third kappa shape index (κ3) is 4.89. The number of hydrogen-bond acceptors (Lipinski definition) is 4. The van der Waals surface area contributed by atoms with E-state index in [-0.39, 0.29) is 6.54 Å². The van der Waals surface area contributed by atoms with Crippen molar-refractivity contribution in [3.05, 3.63) is 59.1 Å². The van der Waals surface area contributed by atoms with E-state index in [1.54, 1.807) is 42.5 Å². The molecular formula is C18H21ClN2O4S. The predicted molar refractivity (Wildman–Crippen MR) is 103 cm³/mol. The van der Waals surface area contributed by atoms with E-state index in [0.717, 1.165) is 16.1 Å². The Morgan fingerprint density at radius 3 is 2.54 bits per heavy atom. The first-order valence-electron chi connectivity index (χ1n) is 7.88. The maximum absolute atomic E-state index is 12.6. The number of carbonyl (C=O) groups is 1. The van der Waals surface area contributed by atoms with Gasteiger partial charge in [0.05, 0.1) is 19.1 Å². The van der Waals surface area contributed by atoms with Crippen LogP contribution in [0.4, 0.5) is 5.69 Å². The largest absolute Gasteiger partial charge is 0.497 e. The second-order valence-electron chi connectivity index (χ2n) is 5.75. The summed E-state index contributed by atoms with van der Waals surface area (Å²) in [5.74, 6) is 0.0676. The molecule has 26 heavy (non-hydrogen) atoms. The van der Waals surface area contributed by atoms with Gasteiger partial charge in [-0.15, -0.1) is 0 Å². The molecule has 0 bridgehead atoms. The molecule has 1 atom stereocenters. The highest BCUT2D eigenvalue weighted by Gasteiger charge is 2.29. The van der Waals surface area contributed by atoms with Gasteiger partial charge >= 0.3 is 0 Å². The van der Waals surface area contributed by atoms with Crippen LogP contribution in [-0.4, -0.2) is 33.7 Å². The van der Waals surface area contributed by atoms with E-state index in [0.29, 0.717) is 16.5 Å². The van der Waals surface area contributed by atoms with Gasteiger partial charge in [-0.05, 0) is 30.7 Å². The number of ether oxygens (including phenoxy) is 1. The number of methoxy groups -OCH3 is 1. The van der Waals surface area contributed by atoms with Crippen molar-refractivity contribution in [2.24, 2.45) is 0 Å². The summed E-state index contributed by atoms with van der Waals surface area (Å²) in [5, 5.41) is 3.27. The normalized spacial score (nSPS) is 12.3. The molecule has 0 aromatic heterocycles. The van der Waals surface area contributed by atoms with Gasteiger partial charge in [0.25, 0.3) is 0 Å². The number of hydrogen-bond donors (Lipinski definition) is 1. The molecule has 140 valence electrons. The van der Waals surface area contributed by atoms with Crippen molar-refractivity contribution in [2.45, 2.75) is 19.5 Å². The van der Waals surface area contributed by atoms with Crippen molar-refractivity contribution in [1.29, 1.82) is 0 Å². The summed E-state index contributed by atoms with van der Waals surface area (Å²) in [4.78, 5) is 12.6. The zero-order valence-corrected chi connectivity index (χ0v) is 16.3. The van der Waals surface area contributed by atoms with Gasteiger partial charge < -0.3 is 10.1 Å². The first-order valence-corrected chi connectivity index (χ1v) is 10.1. The maximum Gasteiger partial charge on any atom is 0.243 e. The van der Waals surface area contributed by atoms with Crippen LogP contribution in [0.2, 0.25) is 5.02 Å². The average molecular weight is 397 g/mol. The minimum Gasteiger partial charge on any atom is -0.497 e. The second-order valence-corrected chi connectivity index (χ2v) is 8.01. The molecule has 0 radical (unpaired) electrons. The fourth-order valence-electron chi connectivity index (χ4n) is 2.53. The third-order valence-corrected chi connectivity index (χ3v) is 5.42. The van der Waals surface area contributed by atoms with Crippen molar-refractivity contribution >= 4 is 33.2 Å². The number of sulfonamides is 1. The van der Waals surface area contributed by atoms with Crippen LogP contribution in [-0.2, 0) is 21.4 Å². The number of rotatable bonds is 7. The van der Waals surface area contributed by atoms with Crippen molar-refractivity contribution in [3.8, 4) is 5.75 Å². The number of halogens is 1. The highest BCUT2D eigenvalue weighted by Crippen LogP contribution is 2.25. The Balaban J connectivity index is 2.22. The Bertz CT molecular complexity index is 886. The van der Waals surface area contributed by atoms with E-state index in [4.69, 9.17) is 16.3 Å². The molecule has 0 saturated heterocycles. The lowest BCUT2D eigenvalue weighted by molar-refractivity contribution is -0.122. The summed E-state index contributed by atoms with van der Waals surface area (Å²) in [6.07, 6.45) is 1.06. The molecule has 6 nitrogen and oxygen atoms in total. The smallest absolute Gasteiger partial charge is 0.243 e. The minimum atomic E-state index is -3.69. The van der Waals surface area contributed by atoms with Crippen LogP contribution in [0.1, 0.15) is 12.5 Å². The molecule has 0 aliphatic heterocycles. The Kier molecular flexibility index (Phi) is 6.50. The average Bonchev–Trinajstić information content (AvgIpc) is 2.59. The quantitative estimate of drug-likeness (QED) is 0.780. The fourth-order valence-corrected chi connectivity index (χ4v) is 3.90.